The van der Waals surface area contributed by atoms with Crippen LogP contribution in [-0.2, 0) is 20.7 Å². The van der Waals surface area contributed by atoms with Crippen LogP contribution < -0.4 is 20.9 Å². The molecule has 0 radical (unpaired) electrons. The van der Waals surface area contributed by atoms with E-state index in [1.165, 1.54) is 12.5 Å². The second-order valence-corrected chi connectivity index (χ2v) is 9.91. The van der Waals surface area contributed by atoms with Crippen molar-refractivity contribution in [2.45, 2.75) is 64.5 Å². The maximum absolute atomic E-state index is 11.9. The third kappa shape index (κ3) is 6.84. The maximum atomic E-state index is 11.9. The molecule has 4 rings (SSSR count). The van der Waals surface area contributed by atoms with Gasteiger partial charge in [0.15, 0.2) is 6.10 Å². The van der Waals surface area contributed by atoms with Gasteiger partial charge in [-0.15, -0.1) is 0 Å². The molecule has 13 heteroatoms. The van der Waals surface area contributed by atoms with Gasteiger partial charge in [-0.3, -0.25) is 0 Å². The molecule has 13 nitrogen and oxygen atoms in total. The number of amides is 1. The lowest BCUT2D eigenvalue weighted by molar-refractivity contribution is -0.145. The van der Waals surface area contributed by atoms with Gasteiger partial charge >= 0.3 is 18.0 Å². The first-order valence-corrected chi connectivity index (χ1v) is 13.1. The van der Waals surface area contributed by atoms with Crippen LogP contribution in [0.2, 0.25) is 0 Å². The van der Waals surface area contributed by atoms with E-state index in [2.05, 4.69) is 47.7 Å². The van der Waals surface area contributed by atoms with Gasteiger partial charge in [0.1, 0.15) is 29.3 Å². The molecule has 0 saturated carbocycles. The topological polar surface area (TPSA) is 179 Å². The Morgan fingerprint density at radius 1 is 1.13 bits per heavy atom. The normalized spacial score (nSPS) is 16.8. The number of carboxylic acid groups (broad SMARTS) is 2. The van der Waals surface area contributed by atoms with Gasteiger partial charge in [-0.25, -0.2) is 29.3 Å². The molecule has 210 valence electrons. The summed E-state index contributed by atoms with van der Waals surface area (Å²) in [4.78, 5) is 50.7. The molecular weight excluding hydrogens is 506 g/mol. The molecule has 4 heterocycles. The van der Waals surface area contributed by atoms with E-state index in [4.69, 9.17) is 10.1 Å². The van der Waals surface area contributed by atoms with Crippen LogP contribution >= 0.6 is 0 Å². The molecule has 0 spiro atoms. The molecule has 0 bridgehead atoms. The molecule has 2 aromatic rings. The molecule has 0 aromatic carbocycles. The zero-order valence-corrected chi connectivity index (χ0v) is 22.4. The van der Waals surface area contributed by atoms with Crippen molar-refractivity contribution in [3.05, 3.63) is 34.8 Å². The van der Waals surface area contributed by atoms with Crippen LogP contribution in [0.5, 0.6) is 0 Å². The minimum Gasteiger partial charge on any atom is -0.480 e. The number of nitrogens with one attached hydrogen (secondary N) is 3. The van der Waals surface area contributed by atoms with E-state index in [1.807, 2.05) is 6.92 Å². The molecule has 2 aliphatic heterocycles. The number of rotatable bonds is 9. The van der Waals surface area contributed by atoms with Gasteiger partial charge in [0, 0.05) is 43.4 Å². The van der Waals surface area contributed by atoms with Crippen molar-refractivity contribution in [2.24, 2.45) is 0 Å². The number of pyridine rings is 1. The Labute approximate surface area is 226 Å². The highest BCUT2D eigenvalue weighted by atomic mass is 16.6. The fraction of sp³-hybridized carbons (Fsp3) is 0.538. The summed E-state index contributed by atoms with van der Waals surface area (Å²) in [6.45, 7) is 7.16. The molecule has 2 atom stereocenters. The lowest BCUT2D eigenvalue weighted by Gasteiger charge is -2.34. The minimum atomic E-state index is -1.41. The van der Waals surface area contributed by atoms with Crippen molar-refractivity contribution >= 4 is 35.5 Å². The summed E-state index contributed by atoms with van der Waals surface area (Å²) in [6.07, 6.45) is 1.51. The number of carbonyl (C=O) groups is 3. The minimum absolute atomic E-state index is 0.192. The summed E-state index contributed by atoms with van der Waals surface area (Å²) in [7, 11) is 0. The van der Waals surface area contributed by atoms with Crippen molar-refractivity contribution in [1.29, 1.82) is 0 Å². The molecule has 0 aliphatic carbocycles. The number of ether oxygens (including phenoxy) is 1. The smallest absolute Gasteiger partial charge is 0.408 e. The van der Waals surface area contributed by atoms with Crippen LogP contribution in [0.1, 0.15) is 54.7 Å². The van der Waals surface area contributed by atoms with E-state index >= 15 is 0 Å². The lowest BCUT2D eigenvalue weighted by Crippen LogP contribution is -2.46. The van der Waals surface area contributed by atoms with Crippen LogP contribution in [0, 0.1) is 13.8 Å². The summed E-state index contributed by atoms with van der Waals surface area (Å²) in [5.41, 5.74) is 3.16. The summed E-state index contributed by atoms with van der Waals surface area (Å²) in [6, 6.07) is 2.97. The highest BCUT2D eigenvalue weighted by molar-refractivity contribution is 5.82. The zero-order chi connectivity index (χ0) is 28.1. The second-order valence-electron chi connectivity index (χ2n) is 9.91. The molecule has 1 amide bonds. The number of nitrogens with zero attached hydrogens (tertiary/aromatic N) is 4. The Morgan fingerprint density at radius 2 is 1.87 bits per heavy atom. The molecule has 2 aliphatic rings. The van der Waals surface area contributed by atoms with E-state index in [1.54, 1.807) is 6.92 Å². The molecular formula is C26H35N7O6. The molecule has 2 aromatic heterocycles. The average molecular weight is 542 g/mol. The van der Waals surface area contributed by atoms with Crippen LogP contribution in [0.3, 0.4) is 0 Å². The lowest BCUT2D eigenvalue weighted by atomic mass is 9.92. The number of aliphatic carboxylic acids is 2. The Hall–Kier alpha value is -4.16. The molecule has 2 unspecified atom stereocenters. The van der Waals surface area contributed by atoms with Crippen molar-refractivity contribution in [3.63, 3.8) is 0 Å². The first-order valence-electron chi connectivity index (χ1n) is 13.1. The van der Waals surface area contributed by atoms with Gasteiger partial charge in [-0.05, 0) is 58.1 Å². The van der Waals surface area contributed by atoms with E-state index < -0.39 is 30.2 Å². The Kier molecular flexibility index (Phi) is 8.67. The van der Waals surface area contributed by atoms with Crippen molar-refractivity contribution in [1.82, 2.24) is 20.3 Å². The number of carbonyl (C=O) groups excluding carboxylic acids is 1. The summed E-state index contributed by atoms with van der Waals surface area (Å²) in [5, 5.41) is 27.0. The third-order valence-corrected chi connectivity index (χ3v) is 7.06. The standard InChI is InChI=1S/C26H35N7O6/c1-14-21(28-13-20(25(36)37)32-26(38)39-15(2)24(34)35)29-16(3)30-23(14)33-11-8-17(9-12-33)19-7-6-18-5-4-10-27-22(18)31-19/h6-7,15,17,20H,4-5,8-13H2,1-3H3,(H,27,31)(H,32,38)(H,34,35)(H,36,37)(H,28,29,30). The number of hydrogen-bond acceptors (Lipinski definition) is 10. The fourth-order valence-corrected chi connectivity index (χ4v) is 4.84. The second kappa shape index (κ2) is 12.1. The van der Waals surface area contributed by atoms with Crippen LogP contribution in [-0.4, -0.2) is 81.5 Å². The first kappa shape index (κ1) is 27.9. The molecule has 5 N–H and O–H groups in total. The van der Waals surface area contributed by atoms with Crippen LogP contribution in [0.25, 0.3) is 0 Å². The summed E-state index contributed by atoms with van der Waals surface area (Å²) >= 11 is 0. The number of carboxylic acids is 2. The zero-order valence-electron chi connectivity index (χ0n) is 22.4. The highest BCUT2D eigenvalue weighted by Gasteiger charge is 2.27. The van der Waals surface area contributed by atoms with Crippen molar-refractivity contribution in [3.8, 4) is 0 Å². The molecule has 1 saturated heterocycles. The van der Waals surface area contributed by atoms with E-state index in [0.29, 0.717) is 17.6 Å². The van der Waals surface area contributed by atoms with Gasteiger partial charge < -0.3 is 35.8 Å². The van der Waals surface area contributed by atoms with E-state index in [9.17, 15) is 19.5 Å². The quantitative estimate of drug-likeness (QED) is 0.313. The Morgan fingerprint density at radius 3 is 2.56 bits per heavy atom. The monoisotopic (exact) mass is 541 g/mol. The largest absolute Gasteiger partial charge is 0.480 e. The number of alkyl carbamates (subject to hydrolysis) is 1. The number of piperidine rings is 1. The number of aromatic nitrogens is 3. The predicted octanol–water partition coefficient (Wildman–Crippen LogP) is 2.29. The third-order valence-electron chi connectivity index (χ3n) is 7.06. The maximum Gasteiger partial charge on any atom is 0.408 e. The average Bonchev–Trinajstić information content (AvgIpc) is 2.92. The van der Waals surface area contributed by atoms with Gasteiger partial charge in [-0.1, -0.05) is 6.07 Å². The van der Waals surface area contributed by atoms with Crippen LogP contribution in [0.15, 0.2) is 12.1 Å². The SMILES string of the molecule is Cc1nc(NCC(NC(=O)OC(C)C(=O)O)C(=O)O)c(C)c(N2CCC(c3ccc4c(n3)NCCC4)CC2)n1. The molecule has 1 fully saturated rings. The molecule has 39 heavy (non-hydrogen) atoms. The highest BCUT2D eigenvalue weighted by Crippen LogP contribution is 2.33. The van der Waals surface area contributed by atoms with Crippen molar-refractivity contribution in [2.75, 3.05) is 41.7 Å². The van der Waals surface area contributed by atoms with Gasteiger partial charge in [0.25, 0.3) is 0 Å². The number of hydrogen-bond donors (Lipinski definition) is 5. The fourth-order valence-electron chi connectivity index (χ4n) is 4.84. The van der Waals surface area contributed by atoms with Gasteiger partial charge in [-0.2, -0.15) is 0 Å². The van der Waals surface area contributed by atoms with Crippen LogP contribution in [0.4, 0.5) is 22.2 Å². The van der Waals surface area contributed by atoms with Gasteiger partial charge in [0.2, 0.25) is 0 Å². The van der Waals surface area contributed by atoms with Gasteiger partial charge in [0.05, 0.1) is 0 Å². The van der Waals surface area contributed by atoms with E-state index in [0.717, 1.165) is 68.2 Å². The Bertz CT molecular complexity index is 1230. The number of anilines is 3. The predicted molar refractivity (Wildman–Crippen MR) is 143 cm³/mol. The number of aryl methyl sites for hydroxylation is 2. The summed E-state index contributed by atoms with van der Waals surface area (Å²) in [5.74, 6) is 0.492. The Balaban J connectivity index is 1.39. The van der Waals surface area contributed by atoms with E-state index in [-0.39, 0.29) is 6.54 Å². The van der Waals surface area contributed by atoms with Crippen molar-refractivity contribution < 1.29 is 29.3 Å². The first-order chi connectivity index (χ1) is 18.6. The number of fused-ring (bicyclic) bond motifs is 1. The summed E-state index contributed by atoms with van der Waals surface area (Å²) < 4.78 is 4.67.